The van der Waals surface area contributed by atoms with E-state index in [0.29, 0.717) is 18.9 Å². The molecule has 0 bridgehead atoms. The van der Waals surface area contributed by atoms with Crippen molar-refractivity contribution in [3.63, 3.8) is 0 Å². The molecule has 22 heavy (non-hydrogen) atoms. The first-order valence-electron chi connectivity index (χ1n) is 6.92. The van der Waals surface area contributed by atoms with E-state index in [-0.39, 0.29) is 23.6 Å². The number of hydrogen-bond donors (Lipinski definition) is 1. The molecule has 0 aliphatic carbocycles. The number of carbonyl (C=O) groups excluding carboxylic acids is 1. The zero-order chi connectivity index (χ0) is 15.7. The molecule has 2 unspecified atom stereocenters. The minimum Gasteiger partial charge on any atom is -0.377 e. The van der Waals surface area contributed by atoms with E-state index in [1.54, 1.807) is 11.4 Å². The standard InChI is InChI=1S/C14H16N4O3S/c1-8-3-4-13(19)18(17-8)12-6-21-5-10(12)16-14(20)11-7-22-9(2)15-11/h3-4,7,10,12H,5-6H2,1-2H3,(H,16,20). The van der Waals surface area contributed by atoms with Crippen LogP contribution in [-0.4, -0.2) is 39.9 Å². The molecule has 2 atom stereocenters. The fraction of sp³-hybridized carbons (Fsp3) is 0.429. The Kier molecular flexibility index (Phi) is 4.04. The minimum absolute atomic E-state index is 0.204. The van der Waals surface area contributed by atoms with Crippen LogP contribution >= 0.6 is 11.3 Å². The molecule has 1 amide bonds. The van der Waals surface area contributed by atoms with Gasteiger partial charge in [-0.15, -0.1) is 11.3 Å². The van der Waals surface area contributed by atoms with Gasteiger partial charge in [0.05, 0.1) is 30.0 Å². The van der Waals surface area contributed by atoms with Crippen LogP contribution in [0, 0.1) is 13.8 Å². The maximum atomic E-state index is 12.2. The van der Waals surface area contributed by atoms with Crippen LogP contribution in [0.4, 0.5) is 0 Å². The van der Waals surface area contributed by atoms with Crippen molar-refractivity contribution in [2.45, 2.75) is 25.9 Å². The van der Waals surface area contributed by atoms with Crippen molar-refractivity contribution in [3.8, 4) is 0 Å². The van der Waals surface area contributed by atoms with Crippen LogP contribution in [0.5, 0.6) is 0 Å². The topological polar surface area (TPSA) is 86.1 Å². The SMILES string of the molecule is Cc1ccc(=O)n(C2COCC2NC(=O)c2csc(C)n2)n1. The molecule has 1 saturated heterocycles. The first-order valence-corrected chi connectivity index (χ1v) is 7.80. The molecule has 0 aromatic carbocycles. The van der Waals surface area contributed by atoms with Gasteiger partial charge < -0.3 is 10.1 Å². The summed E-state index contributed by atoms with van der Waals surface area (Å²) < 4.78 is 6.82. The molecular formula is C14H16N4O3S. The van der Waals surface area contributed by atoms with Crippen molar-refractivity contribution < 1.29 is 9.53 Å². The molecule has 0 spiro atoms. The third-order valence-corrected chi connectivity index (χ3v) is 4.26. The molecule has 3 heterocycles. The number of rotatable bonds is 3. The average Bonchev–Trinajstić information content (AvgIpc) is 3.10. The van der Waals surface area contributed by atoms with E-state index < -0.39 is 0 Å². The number of nitrogens with one attached hydrogen (secondary N) is 1. The molecule has 1 aliphatic rings. The summed E-state index contributed by atoms with van der Waals surface area (Å²) >= 11 is 1.42. The Morgan fingerprint density at radius 2 is 2.23 bits per heavy atom. The van der Waals surface area contributed by atoms with Gasteiger partial charge in [0.2, 0.25) is 0 Å². The van der Waals surface area contributed by atoms with E-state index in [1.807, 2.05) is 13.8 Å². The third-order valence-electron chi connectivity index (χ3n) is 3.49. The van der Waals surface area contributed by atoms with Gasteiger partial charge >= 0.3 is 0 Å². The van der Waals surface area contributed by atoms with Crippen molar-refractivity contribution in [2.75, 3.05) is 13.2 Å². The highest BCUT2D eigenvalue weighted by Gasteiger charge is 2.33. The molecule has 2 aromatic rings. The summed E-state index contributed by atoms with van der Waals surface area (Å²) in [7, 11) is 0. The Labute approximate surface area is 131 Å². The van der Waals surface area contributed by atoms with Gasteiger partial charge in [0, 0.05) is 11.4 Å². The molecule has 116 valence electrons. The molecule has 1 fully saturated rings. The number of amides is 1. The summed E-state index contributed by atoms with van der Waals surface area (Å²) in [5.41, 5.74) is 0.925. The van der Waals surface area contributed by atoms with Gasteiger partial charge in [-0.3, -0.25) is 9.59 Å². The molecule has 2 aromatic heterocycles. The average molecular weight is 320 g/mol. The normalized spacial score (nSPS) is 21.0. The van der Waals surface area contributed by atoms with Gasteiger partial charge in [0.25, 0.3) is 11.5 Å². The van der Waals surface area contributed by atoms with E-state index in [2.05, 4.69) is 15.4 Å². The summed E-state index contributed by atoms with van der Waals surface area (Å²) in [6.07, 6.45) is 0. The largest absolute Gasteiger partial charge is 0.377 e. The lowest BCUT2D eigenvalue weighted by Gasteiger charge is -2.20. The van der Waals surface area contributed by atoms with Gasteiger partial charge in [-0.2, -0.15) is 5.10 Å². The van der Waals surface area contributed by atoms with Crippen LogP contribution in [-0.2, 0) is 4.74 Å². The van der Waals surface area contributed by atoms with Crippen molar-refractivity contribution in [1.29, 1.82) is 0 Å². The van der Waals surface area contributed by atoms with Crippen LogP contribution in [0.3, 0.4) is 0 Å². The molecule has 3 rings (SSSR count). The van der Waals surface area contributed by atoms with E-state index in [0.717, 1.165) is 10.7 Å². The zero-order valence-corrected chi connectivity index (χ0v) is 13.1. The smallest absolute Gasteiger partial charge is 0.271 e. The summed E-state index contributed by atoms with van der Waals surface area (Å²) in [6.45, 7) is 4.36. The highest BCUT2D eigenvalue weighted by molar-refractivity contribution is 7.09. The van der Waals surface area contributed by atoms with Crippen LogP contribution < -0.4 is 10.9 Å². The van der Waals surface area contributed by atoms with Crippen LogP contribution in [0.1, 0.15) is 27.2 Å². The molecule has 1 N–H and O–H groups in total. The monoisotopic (exact) mass is 320 g/mol. The number of aryl methyl sites for hydroxylation is 2. The van der Waals surface area contributed by atoms with Gasteiger partial charge in [0.15, 0.2) is 0 Å². The first kappa shape index (κ1) is 14.9. The van der Waals surface area contributed by atoms with Crippen LogP contribution in [0.2, 0.25) is 0 Å². The maximum Gasteiger partial charge on any atom is 0.271 e. The molecular weight excluding hydrogens is 304 g/mol. The highest BCUT2D eigenvalue weighted by atomic mass is 32.1. The highest BCUT2D eigenvalue weighted by Crippen LogP contribution is 2.18. The fourth-order valence-electron chi connectivity index (χ4n) is 2.39. The van der Waals surface area contributed by atoms with Crippen LogP contribution in [0.15, 0.2) is 22.3 Å². The zero-order valence-electron chi connectivity index (χ0n) is 12.3. The Balaban J connectivity index is 1.80. The Morgan fingerprint density at radius 3 is 2.95 bits per heavy atom. The van der Waals surface area contributed by atoms with Crippen molar-refractivity contribution in [1.82, 2.24) is 20.1 Å². The summed E-state index contributed by atoms with van der Waals surface area (Å²) in [4.78, 5) is 28.4. The second-order valence-corrected chi connectivity index (χ2v) is 6.26. The molecule has 7 nitrogen and oxygen atoms in total. The second-order valence-electron chi connectivity index (χ2n) is 5.19. The Hall–Kier alpha value is -2.06. The fourth-order valence-corrected chi connectivity index (χ4v) is 2.98. The summed E-state index contributed by atoms with van der Waals surface area (Å²) in [6, 6.07) is 2.53. The predicted molar refractivity (Wildman–Crippen MR) is 81.2 cm³/mol. The molecule has 0 radical (unpaired) electrons. The maximum absolute atomic E-state index is 12.2. The van der Waals surface area contributed by atoms with Gasteiger partial charge in [-0.05, 0) is 19.9 Å². The number of aromatic nitrogens is 3. The van der Waals surface area contributed by atoms with E-state index >= 15 is 0 Å². The molecule has 8 heteroatoms. The van der Waals surface area contributed by atoms with Gasteiger partial charge in [-0.1, -0.05) is 0 Å². The molecule has 0 saturated carbocycles. The van der Waals surface area contributed by atoms with Crippen molar-refractivity contribution >= 4 is 17.2 Å². The number of ether oxygens (including phenoxy) is 1. The lowest BCUT2D eigenvalue weighted by Crippen LogP contribution is -2.44. The third kappa shape index (κ3) is 2.93. The lowest BCUT2D eigenvalue weighted by molar-refractivity contribution is 0.0920. The quantitative estimate of drug-likeness (QED) is 0.899. The van der Waals surface area contributed by atoms with Crippen molar-refractivity contribution in [3.05, 3.63) is 44.3 Å². The first-order chi connectivity index (χ1) is 10.5. The predicted octanol–water partition coefficient (Wildman–Crippen LogP) is 0.687. The van der Waals surface area contributed by atoms with E-state index in [1.165, 1.54) is 22.1 Å². The van der Waals surface area contributed by atoms with Crippen LogP contribution in [0.25, 0.3) is 0 Å². The Bertz CT molecular complexity index is 755. The van der Waals surface area contributed by atoms with Gasteiger partial charge in [0.1, 0.15) is 11.7 Å². The number of carbonyl (C=O) groups is 1. The second kappa shape index (κ2) is 5.98. The van der Waals surface area contributed by atoms with E-state index in [4.69, 9.17) is 4.74 Å². The Morgan fingerprint density at radius 1 is 1.41 bits per heavy atom. The molecule has 1 aliphatic heterocycles. The summed E-state index contributed by atoms with van der Waals surface area (Å²) in [5.74, 6) is -0.259. The number of hydrogen-bond acceptors (Lipinski definition) is 6. The van der Waals surface area contributed by atoms with Crippen molar-refractivity contribution in [2.24, 2.45) is 0 Å². The lowest BCUT2D eigenvalue weighted by atomic mass is 10.1. The van der Waals surface area contributed by atoms with E-state index in [9.17, 15) is 9.59 Å². The van der Waals surface area contributed by atoms with Gasteiger partial charge in [-0.25, -0.2) is 9.67 Å². The number of thiazole rings is 1. The number of nitrogens with zero attached hydrogens (tertiary/aromatic N) is 3. The summed E-state index contributed by atoms with van der Waals surface area (Å²) in [5, 5.41) is 9.68. The minimum atomic E-state index is -0.309.